The van der Waals surface area contributed by atoms with Crippen molar-refractivity contribution in [2.75, 3.05) is 29.4 Å². The molecule has 2 aliphatic heterocycles. The highest BCUT2D eigenvalue weighted by Gasteiger charge is 2.35. The minimum absolute atomic E-state index is 0.0257. The number of benzene rings is 2. The molecule has 0 radical (unpaired) electrons. The molecule has 2 N–H and O–H groups in total. The molecule has 0 fully saturated rings. The molecular weight excluding hydrogens is 392 g/mol. The second kappa shape index (κ2) is 8.48. The normalized spacial score (nSPS) is 18.0. The lowest BCUT2D eigenvalue weighted by Crippen LogP contribution is -2.47. The third-order valence-electron chi connectivity index (χ3n) is 5.99. The Kier molecular flexibility index (Phi) is 5.77. The third-order valence-corrected chi connectivity index (χ3v) is 6.21. The zero-order chi connectivity index (χ0) is 21.3. The van der Waals surface area contributed by atoms with Gasteiger partial charge < -0.3 is 20.4 Å². The van der Waals surface area contributed by atoms with Crippen molar-refractivity contribution in [3.63, 3.8) is 0 Å². The Balaban J connectivity index is 1.68. The topological polar surface area (TPSA) is 47.6 Å². The Morgan fingerprint density at radius 3 is 2.53 bits per heavy atom. The van der Waals surface area contributed by atoms with Crippen LogP contribution in [0.1, 0.15) is 37.9 Å². The van der Waals surface area contributed by atoms with Gasteiger partial charge in [-0.3, -0.25) is 4.79 Å². The average molecular weight is 421 g/mol. The van der Waals surface area contributed by atoms with E-state index < -0.39 is 0 Å². The first-order valence-electron chi connectivity index (χ1n) is 10.6. The number of rotatable bonds is 5. The van der Waals surface area contributed by atoms with Gasteiger partial charge in [0.1, 0.15) is 0 Å². The van der Waals surface area contributed by atoms with Crippen molar-refractivity contribution in [3.8, 4) is 0 Å². The molecule has 1 amide bonds. The van der Waals surface area contributed by atoms with Crippen LogP contribution < -0.4 is 20.4 Å². The van der Waals surface area contributed by atoms with Crippen LogP contribution in [0.15, 0.2) is 59.8 Å². The molecular formula is C24H28N4OS. The summed E-state index contributed by atoms with van der Waals surface area (Å²) in [6.07, 6.45) is 0.886. The first-order valence-corrected chi connectivity index (χ1v) is 11.0. The lowest BCUT2D eigenvalue weighted by molar-refractivity contribution is -0.115. The van der Waals surface area contributed by atoms with E-state index in [0.29, 0.717) is 11.7 Å². The number of thiocarbonyl (C=S) groups is 1. The van der Waals surface area contributed by atoms with Crippen molar-refractivity contribution in [2.45, 2.75) is 33.2 Å². The van der Waals surface area contributed by atoms with Crippen molar-refractivity contribution >= 4 is 34.6 Å². The fourth-order valence-electron chi connectivity index (χ4n) is 4.39. The van der Waals surface area contributed by atoms with Crippen LogP contribution in [0.2, 0.25) is 0 Å². The van der Waals surface area contributed by atoms with Gasteiger partial charge in [0.15, 0.2) is 5.11 Å². The molecule has 2 aliphatic rings. The number of nitrogens with zero attached hydrogens (tertiary/aromatic N) is 2. The Morgan fingerprint density at radius 1 is 1.13 bits per heavy atom. The van der Waals surface area contributed by atoms with Crippen LogP contribution in [0.3, 0.4) is 0 Å². The molecule has 1 atom stereocenters. The van der Waals surface area contributed by atoms with Crippen molar-refractivity contribution in [1.29, 1.82) is 0 Å². The van der Waals surface area contributed by atoms with Crippen LogP contribution >= 0.6 is 12.2 Å². The summed E-state index contributed by atoms with van der Waals surface area (Å²) in [6.45, 7) is 8.86. The second-order valence-corrected chi connectivity index (χ2v) is 8.08. The molecule has 0 saturated heterocycles. The van der Waals surface area contributed by atoms with E-state index in [1.807, 2.05) is 30.0 Å². The molecule has 1 unspecified atom stereocenters. The summed E-state index contributed by atoms with van der Waals surface area (Å²) in [5.41, 5.74) is 5.97. The number of para-hydroxylation sites is 1. The lowest BCUT2D eigenvalue weighted by atomic mass is 9.94. The SMILES string of the molecule is CCN(CC)c1ccc(C2NC(=S)NC(C)=C2C(=O)N2CCc3ccccc32)cc1. The number of carbonyl (C=O) groups is 1. The summed E-state index contributed by atoms with van der Waals surface area (Å²) < 4.78 is 0. The van der Waals surface area contributed by atoms with Crippen molar-refractivity contribution in [2.24, 2.45) is 0 Å². The number of fused-ring (bicyclic) bond motifs is 1. The highest BCUT2D eigenvalue weighted by atomic mass is 32.1. The van der Waals surface area contributed by atoms with Gasteiger partial charge in [0.2, 0.25) is 0 Å². The first-order chi connectivity index (χ1) is 14.5. The number of carbonyl (C=O) groups excluding carboxylic acids is 1. The fourth-order valence-corrected chi connectivity index (χ4v) is 4.66. The fraction of sp³-hybridized carbons (Fsp3) is 0.333. The number of amides is 1. The van der Waals surface area contributed by atoms with E-state index in [4.69, 9.17) is 12.2 Å². The van der Waals surface area contributed by atoms with E-state index in [-0.39, 0.29) is 11.9 Å². The molecule has 5 nitrogen and oxygen atoms in total. The molecule has 156 valence electrons. The summed E-state index contributed by atoms with van der Waals surface area (Å²) in [6, 6.07) is 16.3. The Labute approximate surface area is 183 Å². The molecule has 0 spiro atoms. The summed E-state index contributed by atoms with van der Waals surface area (Å²) >= 11 is 5.41. The maximum Gasteiger partial charge on any atom is 0.258 e. The van der Waals surface area contributed by atoms with Crippen molar-refractivity contribution < 1.29 is 4.79 Å². The molecule has 2 heterocycles. The third kappa shape index (κ3) is 3.67. The minimum atomic E-state index is -0.273. The van der Waals surface area contributed by atoms with Crippen LogP contribution in [0.25, 0.3) is 0 Å². The molecule has 0 aliphatic carbocycles. The van der Waals surface area contributed by atoms with Crippen LogP contribution in [-0.2, 0) is 11.2 Å². The number of hydrogen-bond acceptors (Lipinski definition) is 3. The molecule has 6 heteroatoms. The minimum Gasteiger partial charge on any atom is -0.372 e. The van der Waals surface area contributed by atoms with Gasteiger partial charge in [-0.15, -0.1) is 0 Å². The number of hydrogen-bond donors (Lipinski definition) is 2. The van der Waals surface area contributed by atoms with E-state index in [2.05, 4.69) is 59.7 Å². The number of anilines is 2. The zero-order valence-corrected chi connectivity index (χ0v) is 18.6. The summed E-state index contributed by atoms with van der Waals surface area (Å²) in [4.78, 5) is 17.9. The average Bonchev–Trinajstić information content (AvgIpc) is 3.18. The summed E-state index contributed by atoms with van der Waals surface area (Å²) in [5.74, 6) is 0.0257. The largest absolute Gasteiger partial charge is 0.372 e. The Morgan fingerprint density at radius 2 is 1.83 bits per heavy atom. The lowest BCUT2D eigenvalue weighted by Gasteiger charge is -2.33. The predicted molar refractivity (Wildman–Crippen MR) is 127 cm³/mol. The Bertz CT molecular complexity index is 995. The van der Waals surface area contributed by atoms with E-state index in [1.54, 1.807) is 0 Å². The first kappa shape index (κ1) is 20.4. The van der Waals surface area contributed by atoms with Crippen LogP contribution in [-0.4, -0.2) is 30.7 Å². The zero-order valence-electron chi connectivity index (χ0n) is 17.7. The second-order valence-electron chi connectivity index (χ2n) is 7.67. The molecule has 2 aromatic rings. The van der Waals surface area contributed by atoms with E-state index in [0.717, 1.165) is 42.0 Å². The Hall–Kier alpha value is -2.86. The monoisotopic (exact) mass is 420 g/mol. The summed E-state index contributed by atoms with van der Waals surface area (Å²) in [7, 11) is 0. The van der Waals surface area contributed by atoms with Gasteiger partial charge in [-0.1, -0.05) is 30.3 Å². The maximum atomic E-state index is 13.7. The molecule has 0 bridgehead atoms. The van der Waals surface area contributed by atoms with Gasteiger partial charge in [-0.05, 0) is 68.7 Å². The van der Waals surface area contributed by atoms with Gasteiger partial charge in [0.05, 0.1) is 11.6 Å². The van der Waals surface area contributed by atoms with E-state index in [1.165, 1.54) is 11.3 Å². The molecule has 4 rings (SSSR count). The smallest absolute Gasteiger partial charge is 0.258 e. The predicted octanol–water partition coefficient (Wildman–Crippen LogP) is 3.91. The molecule has 0 aromatic heterocycles. The van der Waals surface area contributed by atoms with Crippen LogP contribution in [0.4, 0.5) is 11.4 Å². The van der Waals surface area contributed by atoms with Gasteiger partial charge >= 0.3 is 0 Å². The molecule has 2 aromatic carbocycles. The van der Waals surface area contributed by atoms with Crippen LogP contribution in [0, 0.1) is 0 Å². The highest BCUT2D eigenvalue weighted by molar-refractivity contribution is 7.80. The molecule has 0 saturated carbocycles. The van der Waals surface area contributed by atoms with E-state index in [9.17, 15) is 4.79 Å². The maximum absolute atomic E-state index is 13.7. The quantitative estimate of drug-likeness (QED) is 0.718. The van der Waals surface area contributed by atoms with Crippen molar-refractivity contribution in [1.82, 2.24) is 10.6 Å². The van der Waals surface area contributed by atoms with Gasteiger partial charge in [-0.25, -0.2) is 0 Å². The van der Waals surface area contributed by atoms with Gasteiger partial charge in [0, 0.05) is 36.7 Å². The van der Waals surface area contributed by atoms with Crippen molar-refractivity contribution in [3.05, 3.63) is 70.9 Å². The van der Waals surface area contributed by atoms with E-state index >= 15 is 0 Å². The summed E-state index contributed by atoms with van der Waals surface area (Å²) in [5, 5.41) is 7.01. The van der Waals surface area contributed by atoms with Gasteiger partial charge in [0.25, 0.3) is 5.91 Å². The number of nitrogens with one attached hydrogen (secondary N) is 2. The number of allylic oxidation sites excluding steroid dienone is 1. The molecule has 30 heavy (non-hydrogen) atoms. The standard InChI is InChI=1S/C24H28N4OS/c1-4-27(5-2)19-12-10-18(11-13-19)22-21(16(3)25-24(30)26-22)23(29)28-15-14-17-8-6-7-9-20(17)28/h6-13,22H,4-5,14-15H2,1-3H3,(H2,25,26,30). The van der Waals surface area contributed by atoms with Gasteiger partial charge in [-0.2, -0.15) is 0 Å². The highest BCUT2D eigenvalue weighted by Crippen LogP contribution is 2.34. The van der Waals surface area contributed by atoms with Crippen LogP contribution in [0.5, 0.6) is 0 Å².